The maximum atomic E-state index is 13.3. The number of imide groups is 1. The second-order valence-corrected chi connectivity index (χ2v) is 9.15. The van der Waals surface area contributed by atoms with Gasteiger partial charge in [0.15, 0.2) is 11.5 Å². The molecule has 0 saturated carbocycles. The summed E-state index contributed by atoms with van der Waals surface area (Å²) in [5, 5.41) is 15.0. The summed E-state index contributed by atoms with van der Waals surface area (Å²) in [5.74, 6) is -1.53. The van der Waals surface area contributed by atoms with E-state index in [-0.39, 0.29) is 60.1 Å². The van der Waals surface area contributed by atoms with Crippen molar-refractivity contribution in [3.8, 4) is 11.5 Å². The van der Waals surface area contributed by atoms with E-state index in [1.54, 1.807) is 11.0 Å². The Morgan fingerprint density at radius 2 is 2.06 bits per heavy atom. The molecule has 3 N–H and O–H groups in total. The molecule has 4 amide bonds. The molecule has 1 aromatic rings. The summed E-state index contributed by atoms with van der Waals surface area (Å²) in [4.78, 5) is 50.8. The van der Waals surface area contributed by atoms with Gasteiger partial charge in [0.1, 0.15) is 0 Å². The Balaban J connectivity index is 1.69. The molecule has 174 valence electrons. The summed E-state index contributed by atoms with van der Waals surface area (Å²) in [7, 11) is 1.42. The van der Waals surface area contributed by atoms with Crippen LogP contribution in [0.4, 0.5) is 0 Å². The van der Waals surface area contributed by atoms with Crippen molar-refractivity contribution in [1.29, 1.82) is 0 Å². The Morgan fingerprint density at radius 1 is 1.31 bits per heavy atom. The number of methoxy groups -OCH3 is 1. The summed E-state index contributed by atoms with van der Waals surface area (Å²) < 4.78 is 5.13. The van der Waals surface area contributed by atoms with Crippen molar-refractivity contribution in [2.24, 2.45) is 11.3 Å². The molecule has 0 aromatic heterocycles. The molecule has 0 bridgehead atoms. The van der Waals surface area contributed by atoms with Crippen molar-refractivity contribution in [3.05, 3.63) is 23.8 Å². The first-order chi connectivity index (χ1) is 15.1. The average Bonchev–Trinajstić information content (AvgIpc) is 2.74. The number of ether oxygens (including phenoxy) is 1. The van der Waals surface area contributed by atoms with Crippen LogP contribution in [0.5, 0.6) is 11.5 Å². The van der Waals surface area contributed by atoms with E-state index in [0.717, 1.165) is 12.8 Å². The van der Waals surface area contributed by atoms with Gasteiger partial charge >= 0.3 is 0 Å². The third-order valence-corrected chi connectivity index (χ3v) is 6.46. The van der Waals surface area contributed by atoms with E-state index in [4.69, 9.17) is 4.74 Å². The predicted octanol–water partition coefficient (Wildman–Crippen LogP) is 1.59. The molecule has 32 heavy (non-hydrogen) atoms. The Bertz CT molecular complexity index is 913. The molecule has 0 spiro atoms. The number of amides is 4. The van der Waals surface area contributed by atoms with E-state index in [1.165, 1.54) is 19.2 Å². The smallest absolute Gasteiger partial charge is 0.254 e. The van der Waals surface area contributed by atoms with Gasteiger partial charge in [-0.05, 0) is 42.9 Å². The molecular formula is C23H31N3O6. The van der Waals surface area contributed by atoms with Crippen molar-refractivity contribution in [3.63, 3.8) is 0 Å². The van der Waals surface area contributed by atoms with E-state index < -0.39 is 11.8 Å². The molecule has 3 rings (SSSR count). The number of nitrogens with one attached hydrogen (secondary N) is 2. The summed E-state index contributed by atoms with van der Waals surface area (Å²) in [6.07, 6.45) is 2.35. The molecule has 0 aliphatic carbocycles. The van der Waals surface area contributed by atoms with Gasteiger partial charge in [-0.2, -0.15) is 0 Å². The molecule has 2 heterocycles. The van der Waals surface area contributed by atoms with E-state index in [0.29, 0.717) is 18.5 Å². The number of nitrogens with zero attached hydrogens (tertiary/aromatic N) is 1. The molecule has 9 heteroatoms. The number of phenolic OH excluding ortho intramolecular Hbond substituents is 1. The van der Waals surface area contributed by atoms with Crippen LogP contribution in [0.3, 0.4) is 0 Å². The van der Waals surface area contributed by atoms with Crippen LogP contribution in [0, 0.1) is 11.3 Å². The maximum Gasteiger partial charge on any atom is 0.254 e. The van der Waals surface area contributed by atoms with Crippen molar-refractivity contribution >= 4 is 23.6 Å². The van der Waals surface area contributed by atoms with E-state index in [1.807, 2.05) is 0 Å². The van der Waals surface area contributed by atoms with Gasteiger partial charge in [0.2, 0.25) is 17.7 Å². The first kappa shape index (κ1) is 23.6. The number of hydrogen-bond acceptors (Lipinski definition) is 6. The first-order valence-corrected chi connectivity index (χ1v) is 10.9. The highest BCUT2D eigenvalue weighted by atomic mass is 16.5. The minimum absolute atomic E-state index is 0.00929. The van der Waals surface area contributed by atoms with Gasteiger partial charge in [-0.1, -0.05) is 13.8 Å². The van der Waals surface area contributed by atoms with Gasteiger partial charge in [0.05, 0.1) is 13.2 Å². The highest BCUT2D eigenvalue weighted by Crippen LogP contribution is 2.36. The third-order valence-electron chi connectivity index (χ3n) is 6.46. The van der Waals surface area contributed by atoms with Crippen LogP contribution in [0.15, 0.2) is 18.2 Å². The number of carbonyl (C=O) groups is 4. The molecule has 2 unspecified atom stereocenters. The molecular weight excluding hydrogens is 414 g/mol. The molecule has 2 aliphatic heterocycles. The van der Waals surface area contributed by atoms with E-state index in [2.05, 4.69) is 24.5 Å². The largest absolute Gasteiger partial charge is 0.504 e. The second kappa shape index (κ2) is 9.58. The van der Waals surface area contributed by atoms with Crippen molar-refractivity contribution in [2.45, 2.75) is 52.0 Å². The molecule has 2 saturated heterocycles. The lowest BCUT2D eigenvalue weighted by Crippen LogP contribution is -2.57. The molecule has 2 fully saturated rings. The number of likely N-dealkylation sites (tertiary alicyclic amines) is 1. The molecule has 2 atom stereocenters. The normalized spacial score (nSPS) is 22.8. The summed E-state index contributed by atoms with van der Waals surface area (Å²) in [6, 6.07) is 4.25. The van der Waals surface area contributed by atoms with Gasteiger partial charge in [0, 0.05) is 37.4 Å². The lowest BCUT2D eigenvalue weighted by Gasteiger charge is -2.46. The Morgan fingerprint density at radius 3 is 2.75 bits per heavy atom. The molecule has 9 nitrogen and oxygen atoms in total. The highest BCUT2D eigenvalue weighted by molar-refractivity contribution is 6.00. The fourth-order valence-corrected chi connectivity index (χ4v) is 4.50. The Hall–Kier alpha value is -3.10. The van der Waals surface area contributed by atoms with Crippen LogP contribution >= 0.6 is 0 Å². The number of rotatable bonds is 6. The van der Waals surface area contributed by atoms with Gasteiger partial charge in [0.25, 0.3) is 5.91 Å². The van der Waals surface area contributed by atoms with Crippen LogP contribution in [-0.4, -0.2) is 59.9 Å². The van der Waals surface area contributed by atoms with E-state index >= 15 is 0 Å². The molecule has 1 aromatic carbocycles. The zero-order valence-corrected chi connectivity index (χ0v) is 18.8. The van der Waals surface area contributed by atoms with Crippen LogP contribution in [-0.2, 0) is 14.4 Å². The van der Waals surface area contributed by atoms with Crippen LogP contribution < -0.4 is 15.4 Å². The van der Waals surface area contributed by atoms with Gasteiger partial charge in [-0.15, -0.1) is 0 Å². The number of carbonyl (C=O) groups excluding carboxylic acids is 4. The van der Waals surface area contributed by atoms with Gasteiger partial charge in [-0.3, -0.25) is 24.5 Å². The number of aromatic hydroxyl groups is 1. The molecule has 2 aliphatic rings. The SMILES string of the molecule is COc1cc(C(=O)N2CCCC(C)(C)C2CNC(=O)CC2CCC(=O)NC2=O)ccc1O. The average molecular weight is 446 g/mol. The molecule has 0 radical (unpaired) electrons. The fraction of sp³-hybridized carbons (Fsp3) is 0.565. The zero-order valence-electron chi connectivity index (χ0n) is 18.8. The quantitative estimate of drug-likeness (QED) is 0.571. The lowest BCUT2D eigenvalue weighted by molar-refractivity contribution is -0.139. The maximum absolute atomic E-state index is 13.3. The van der Waals surface area contributed by atoms with Crippen LogP contribution in [0.25, 0.3) is 0 Å². The van der Waals surface area contributed by atoms with Crippen molar-refractivity contribution < 1.29 is 29.0 Å². The Labute approximate surface area is 187 Å². The number of hydrogen-bond donors (Lipinski definition) is 3. The van der Waals surface area contributed by atoms with Crippen LogP contribution in [0.1, 0.15) is 56.3 Å². The summed E-state index contributed by atoms with van der Waals surface area (Å²) in [6.45, 7) is 4.96. The lowest BCUT2D eigenvalue weighted by atomic mass is 9.76. The zero-order chi connectivity index (χ0) is 23.5. The summed E-state index contributed by atoms with van der Waals surface area (Å²) >= 11 is 0. The van der Waals surface area contributed by atoms with Gasteiger partial charge < -0.3 is 20.1 Å². The van der Waals surface area contributed by atoms with Crippen molar-refractivity contribution in [1.82, 2.24) is 15.5 Å². The third kappa shape index (κ3) is 5.20. The highest BCUT2D eigenvalue weighted by Gasteiger charge is 2.40. The van der Waals surface area contributed by atoms with Gasteiger partial charge in [-0.25, -0.2) is 0 Å². The topological polar surface area (TPSA) is 125 Å². The van der Waals surface area contributed by atoms with E-state index in [9.17, 15) is 24.3 Å². The number of piperidine rings is 2. The predicted molar refractivity (Wildman–Crippen MR) is 116 cm³/mol. The van der Waals surface area contributed by atoms with Crippen LogP contribution in [0.2, 0.25) is 0 Å². The number of phenols is 1. The second-order valence-electron chi connectivity index (χ2n) is 9.15. The Kier molecular flexibility index (Phi) is 7.06. The number of benzene rings is 1. The minimum atomic E-state index is -0.519. The standard InChI is InChI=1S/C23H31N3O6/c1-23(2)9-4-10-26(22(31)15-5-7-16(27)17(11-15)32-3)18(23)13-24-20(29)12-14-6-8-19(28)25-21(14)30/h5,7,11,14,18,27H,4,6,8-10,12-13H2,1-3H3,(H,24,29)(H,25,28,30). The first-order valence-electron chi connectivity index (χ1n) is 10.9. The minimum Gasteiger partial charge on any atom is -0.504 e. The van der Waals surface area contributed by atoms with Crippen molar-refractivity contribution in [2.75, 3.05) is 20.2 Å². The summed E-state index contributed by atoms with van der Waals surface area (Å²) in [5.41, 5.74) is 0.175. The fourth-order valence-electron chi connectivity index (χ4n) is 4.50. The monoisotopic (exact) mass is 445 g/mol.